The van der Waals surface area contributed by atoms with Crippen LogP contribution in [0.25, 0.3) is 0 Å². The van der Waals surface area contributed by atoms with Crippen molar-refractivity contribution in [2.24, 2.45) is 0 Å². The lowest BCUT2D eigenvalue weighted by atomic mass is 10.1. The minimum atomic E-state index is -0.356. The number of carbonyl (C=O) groups is 1. The number of rotatable bonds is 4. The monoisotopic (exact) mass is 330 g/mol. The molecular weight excluding hydrogens is 308 g/mol. The number of morpholine rings is 1. The van der Waals surface area contributed by atoms with Crippen LogP contribution in [0.3, 0.4) is 0 Å². The van der Waals surface area contributed by atoms with Gasteiger partial charge in [0, 0.05) is 30.4 Å². The fourth-order valence-corrected chi connectivity index (χ4v) is 2.69. The molecule has 0 radical (unpaired) electrons. The molecule has 0 bridgehead atoms. The molecular formula is C17H22N4O3. The molecule has 1 amide bonds. The molecule has 3 heterocycles. The number of ether oxygens (including phenoxy) is 1. The Kier molecular flexibility index (Phi) is 4.89. The number of hydrogen-bond donors (Lipinski definition) is 0. The van der Waals surface area contributed by atoms with E-state index in [9.17, 15) is 4.79 Å². The smallest absolute Gasteiger partial charge is 0.254 e. The van der Waals surface area contributed by atoms with E-state index in [1.807, 2.05) is 20.8 Å². The van der Waals surface area contributed by atoms with Crippen molar-refractivity contribution in [3.05, 3.63) is 41.3 Å². The molecule has 7 nitrogen and oxygen atoms in total. The summed E-state index contributed by atoms with van der Waals surface area (Å²) in [7, 11) is 0. The second kappa shape index (κ2) is 7.09. The molecule has 3 rings (SSSR count). The predicted octanol–water partition coefficient (Wildman–Crippen LogP) is 2.36. The molecule has 128 valence electrons. The molecule has 0 spiro atoms. The Morgan fingerprint density at radius 2 is 2.29 bits per heavy atom. The Bertz CT molecular complexity index is 713. The Morgan fingerprint density at radius 3 is 3.00 bits per heavy atom. The summed E-state index contributed by atoms with van der Waals surface area (Å²) >= 11 is 0. The van der Waals surface area contributed by atoms with Crippen LogP contribution in [0.15, 0.2) is 23.0 Å². The molecule has 1 unspecified atom stereocenters. The zero-order valence-electron chi connectivity index (χ0n) is 14.2. The molecule has 1 saturated heterocycles. The van der Waals surface area contributed by atoms with Gasteiger partial charge in [-0.05, 0) is 18.1 Å². The summed E-state index contributed by atoms with van der Waals surface area (Å²) in [6, 6.07) is 1.77. The van der Waals surface area contributed by atoms with Crippen molar-refractivity contribution in [3.8, 4) is 0 Å². The Hall–Kier alpha value is -2.28. The highest BCUT2D eigenvalue weighted by Crippen LogP contribution is 2.23. The third kappa shape index (κ3) is 3.31. The molecule has 0 saturated carbocycles. The van der Waals surface area contributed by atoms with Crippen molar-refractivity contribution in [1.82, 2.24) is 20.0 Å². The molecule has 1 atom stereocenters. The molecule has 0 aliphatic carbocycles. The zero-order chi connectivity index (χ0) is 17.1. The average molecular weight is 330 g/mol. The van der Waals surface area contributed by atoms with Gasteiger partial charge in [0.15, 0.2) is 0 Å². The third-order valence-electron chi connectivity index (χ3n) is 4.11. The van der Waals surface area contributed by atoms with Gasteiger partial charge in [-0.2, -0.15) is 4.98 Å². The van der Waals surface area contributed by atoms with Crippen LogP contribution in [0.1, 0.15) is 60.4 Å². The van der Waals surface area contributed by atoms with E-state index in [1.165, 1.54) is 0 Å². The van der Waals surface area contributed by atoms with E-state index in [2.05, 4.69) is 15.1 Å². The van der Waals surface area contributed by atoms with Crippen LogP contribution in [0.5, 0.6) is 0 Å². The van der Waals surface area contributed by atoms with E-state index in [1.54, 1.807) is 23.4 Å². The summed E-state index contributed by atoms with van der Waals surface area (Å²) in [5.41, 5.74) is 1.65. The normalized spacial score (nSPS) is 18.2. The minimum absolute atomic E-state index is 0.00451. The molecule has 7 heteroatoms. The van der Waals surface area contributed by atoms with Crippen molar-refractivity contribution < 1.29 is 14.1 Å². The Morgan fingerprint density at radius 1 is 1.46 bits per heavy atom. The topological polar surface area (TPSA) is 81.4 Å². The van der Waals surface area contributed by atoms with Gasteiger partial charge >= 0.3 is 0 Å². The number of nitrogens with zero attached hydrogens (tertiary/aromatic N) is 4. The van der Waals surface area contributed by atoms with Crippen molar-refractivity contribution in [2.75, 3.05) is 19.7 Å². The van der Waals surface area contributed by atoms with Gasteiger partial charge in [0.05, 0.1) is 13.2 Å². The molecule has 2 aromatic rings. The zero-order valence-corrected chi connectivity index (χ0v) is 14.2. The first-order valence-electron chi connectivity index (χ1n) is 8.27. The lowest BCUT2D eigenvalue weighted by molar-refractivity contribution is -0.0276. The number of carbonyl (C=O) groups excluding carboxylic acids is 1. The van der Waals surface area contributed by atoms with Crippen LogP contribution in [-0.4, -0.2) is 45.6 Å². The summed E-state index contributed by atoms with van der Waals surface area (Å²) in [5, 5.41) is 4.00. The van der Waals surface area contributed by atoms with E-state index in [4.69, 9.17) is 9.26 Å². The largest absolute Gasteiger partial charge is 0.366 e. The fraction of sp³-hybridized carbons (Fsp3) is 0.529. The minimum Gasteiger partial charge on any atom is -0.366 e. The first kappa shape index (κ1) is 16.6. The van der Waals surface area contributed by atoms with E-state index in [0.717, 1.165) is 12.0 Å². The van der Waals surface area contributed by atoms with Gasteiger partial charge in [-0.15, -0.1) is 0 Å². The molecule has 0 N–H and O–H groups in total. The van der Waals surface area contributed by atoms with Crippen LogP contribution in [0, 0.1) is 0 Å². The SMILES string of the molecule is CCc1cnccc1C(=O)N1CCOC(c2noc(C(C)C)n2)C1. The summed E-state index contributed by atoms with van der Waals surface area (Å²) in [4.78, 5) is 23.1. The maximum absolute atomic E-state index is 12.8. The van der Waals surface area contributed by atoms with E-state index in [-0.39, 0.29) is 17.9 Å². The fourth-order valence-electron chi connectivity index (χ4n) is 2.69. The number of aromatic nitrogens is 3. The third-order valence-corrected chi connectivity index (χ3v) is 4.11. The highest BCUT2D eigenvalue weighted by molar-refractivity contribution is 5.95. The molecule has 1 aliphatic rings. The summed E-state index contributed by atoms with van der Waals surface area (Å²) in [5.74, 6) is 1.24. The highest BCUT2D eigenvalue weighted by Gasteiger charge is 2.30. The van der Waals surface area contributed by atoms with Crippen molar-refractivity contribution >= 4 is 5.91 Å². The van der Waals surface area contributed by atoms with Crippen molar-refractivity contribution in [3.63, 3.8) is 0 Å². The van der Waals surface area contributed by atoms with E-state index < -0.39 is 0 Å². The first-order valence-corrected chi connectivity index (χ1v) is 8.27. The van der Waals surface area contributed by atoms with Crippen LogP contribution in [0.2, 0.25) is 0 Å². The van der Waals surface area contributed by atoms with Gasteiger partial charge in [0.2, 0.25) is 11.7 Å². The molecule has 24 heavy (non-hydrogen) atoms. The van der Waals surface area contributed by atoms with Crippen molar-refractivity contribution in [2.45, 2.75) is 39.2 Å². The van der Waals surface area contributed by atoms with Gasteiger partial charge < -0.3 is 14.2 Å². The second-order valence-corrected chi connectivity index (χ2v) is 6.14. The Labute approximate surface area is 141 Å². The number of hydrogen-bond acceptors (Lipinski definition) is 6. The standard InChI is InChI=1S/C17H22N4O3/c1-4-12-9-18-6-5-13(12)17(22)21-7-8-23-14(10-21)15-19-16(11(2)3)24-20-15/h5-6,9,11,14H,4,7-8,10H2,1-3H3. The van der Waals surface area contributed by atoms with Crippen LogP contribution in [0.4, 0.5) is 0 Å². The molecule has 2 aromatic heterocycles. The lowest BCUT2D eigenvalue weighted by Gasteiger charge is -2.31. The quantitative estimate of drug-likeness (QED) is 0.856. The van der Waals surface area contributed by atoms with E-state index >= 15 is 0 Å². The molecule has 1 fully saturated rings. The summed E-state index contributed by atoms with van der Waals surface area (Å²) in [6.45, 7) is 7.42. The van der Waals surface area contributed by atoms with E-state index in [0.29, 0.717) is 37.0 Å². The van der Waals surface area contributed by atoms with Gasteiger partial charge in [-0.3, -0.25) is 9.78 Å². The second-order valence-electron chi connectivity index (χ2n) is 6.14. The van der Waals surface area contributed by atoms with Crippen LogP contribution >= 0.6 is 0 Å². The van der Waals surface area contributed by atoms with Crippen LogP contribution in [-0.2, 0) is 11.2 Å². The number of aryl methyl sites for hydroxylation is 1. The van der Waals surface area contributed by atoms with Crippen molar-refractivity contribution in [1.29, 1.82) is 0 Å². The average Bonchev–Trinajstić information content (AvgIpc) is 3.11. The first-order chi connectivity index (χ1) is 11.6. The predicted molar refractivity (Wildman–Crippen MR) is 86.6 cm³/mol. The highest BCUT2D eigenvalue weighted by atomic mass is 16.5. The molecule has 0 aromatic carbocycles. The van der Waals surface area contributed by atoms with Crippen LogP contribution < -0.4 is 0 Å². The van der Waals surface area contributed by atoms with Gasteiger partial charge in [0.1, 0.15) is 6.10 Å². The Balaban J connectivity index is 1.76. The van der Waals surface area contributed by atoms with Gasteiger partial charge in [-0.25, -0.2) is 0 Å². The maximum Gasteiger partial charge on any atom is 0.254 e. The molecule has 1 aliphatic heterocycles. The number of pyridine rings is 1. The lowest BCUT2D eigenvalue weighted by Crippen LogP contribution is -2.42. The van der Waals surface area contributed by atoms with Gasteiger partial charge in [-0.1, -0.05) is 25.9 Å². The van der Waals surface area contributed by atoms with Gasteiger partial charge in [0.25, 0.3) is 5.91 Å². The summed E-state index contributed by atoms with van der Waals surface area (Å²) < 4.78 is 11.0. The maximum atomic E-state index is 12.8. The number of amides is 1. The summed E-state index contributed by atoms with van der Waals surface area (Å²) in [6.07, 6.45) is 3.81.